The highest BCUT2D eigenvalue weighted by atomic mass is 16.5. The van der Waals surface area contributed by atoms with Gasteiger partial charge in [-0.05, 0) is 51.0 Å². The molecule has 2 aromatic rings. The molecule has 6 nitrogen and oxygen atoms in total. The lowest BCUT2D eigenvalue weighted by molar-refractivity contribution is -0.117. The molecule has 24 heavy (non-hydrogen) atoms. The molecule has 0 saturated heterocycles. The van der Waals surface area contributed by atoms with Crippen LogP contribution in [0.5, 0.6) is 0 Å². The smallest absolute Gasteiger partial charge is 0.231 e. The Morgan fingerprint density at radius 2 is 2.17 bits per heavy atom. The number of nitrogens with one attached hydrogen (secondary N) is 1. The minimum atomic E-state index is -0.0633. The molecule has 0 spiro atoms. The predicted octanol–water partition coefficient (Wildman–Crippen LogP) is 2.77. The number of aromatic nitrogens is 1. The molecule has 0 saturated carbocycles. The number of hydrogen-bond donors (Lipinski definition) is 1. The summed E-state index contributed by atoms with van der Waals surface area (Å²) < 4.78 is 5.11. The normalized spacial score (nSPS) is 13.3. The van der Waals surface area contributed by atoms with Gasteiger partial charge in [0.2, 0.25) is 11.8 Å². The first-order valence-electron chi connectivity index (χ1n) is 8.14. The number of carbonyl (C=O) groups is 2. The number of nitrogens with zero attached hydrogens (tertiary/aromatic N) is 2. The lowest BCUT2D eigenvalue weighted by Crippen LogP contribution is -2.25. The minimum Gasteiger partial charge on any atom is -0.361 e. The van der Waals surface area contributed by atoms with Crippen LogP contribution in [0, 0.1) is 13.8 Å². The third-order valence-electron chi connectivity index (χ3n) is 4.40. The molecule has 1 aliphatic rings. The summed E-state index contributed by atoms with van der Waals surface area (Å²) in [5, 5.41) is 6.80. The second-order valence-electron chi connectivity index (χ2n) is 6.01. The molecular formula is C18H21N3O3. The maximum absolute atomic E-state index is 12.2. The van der Waals surface area contributed by atoms with Gasteiger partial charge in [0.15, 0.2) is 0 Å². The Balaban J connectivity index is 1.64. The van der Waals surface area contributed by atoms with Crippen molar-refractivity contribution in [2.75, 3.05) is 16.8 Å². The van der Waals surface area contributed by atoms with Crippen molar-refractivity contribution >= 4 is 23.2 Å². The molecule has 0 aliphatic carbocycles. The van der Waals surface area contributed by atoms with Gasteiger partial charge in [0, 0.05) is 29.9 Å². The maximum atomic E-state index is 12.2. The Morgan fingerprint density at radius 1 is 1.38 bits per heavy atom. The monoisotopic (exact) mass is 327 g/mol. The molecule has 2 amide bonds. The van der Waals surface area contributed by atoms with Crippen LogP contribution in [0.15, 0.2) is 22.7 Å². The number of carbonyl (C=O) groups excluding carboxylic acids is 2. The molecule has 0 radical (unpaired) electrons. The largest absolute Gasteiger partial charge is 0.361 e. The van der Waals surface area contributed by atoms with E-state index in [2.05, 4.69) is 10.5 Å². The number of hydrogen-bond acceptors (Lipinski definition) is 4. The van der Waals surface area contributed by atoms with Crippen LogP contribution >= 0.6 is 0 Å². The van der Waals surface area contributed by atoms with E-state index in [0.717, 1.165) is 34.0 Å². The van der Waals surface area contributed by atoms with E-state index >= 15 is 0 Å². The Bertz CT molecular complexity index is 775. The average molecular weight is 327 g/mol. The molecular weight excluding hydrogens is 306 g/mol. The fraction of sp³-hybridized carbons (Fsp3) is 0.389. The number of benzene rings is 1. The van der Waals surface area contributed by atoms with Crippen molar-refractivity contribution in [1.82, 2.24) is 5.16 Å². The van der Waals surface area contributed by atoms with Crippen LogP contribution in [-0.2, 0) is 22.4 Å². The predicted molar refractivity (Wildman–Crippen MR) is 91.1 cm³/mol. The lowest BCUT2D eigenvalue weighted by atomic mass is 10.1. The van der Waals surface area contributed by atoms with Gasteiger partial charge in [-0.1, -0.05) is 5.16 Å². The molecule has 1 N–H and O–H groups in total. The van der Waals surface area contributed by atoms with Crippen LogP contribution in [0.1, 0.15) is 35.9 Å². The van der Waals surface area contributed by atoms with Crippen molar-refractivity contribution < 1.29 is 14.1 Å². The summed E-state index contributed by atoms with van der Waals surface area (Å²) in [4.78, 5) is 25.9. The number of rotatable bonds is 5. The van der Waals surface area contributed by atoms with Gasteiger partial charge in [-0.15, -0.1) is 0 Å². The number of amides is 2. The van der Waals surface area contributed by atoms with Crippen LogP contribution in [0.3, 0.4) is 0 Å². The molecule has 0 atom stereocenters. The zero-order chi connectivity index (χ0) is 17.3. The Labute approximate surface area is 140 Å². The molecule has 6 heteroatoms. The summed E-state index contributed by atoms with van der Waals surface area (Å²) in [7, 11) is 0. The standard InChI is InChI=1S/C18H21N3O3/c1-4-21-16-7-5-14(9-13(16)10-18(21)23)19-17(22)8-6-15-11(2)20-24-12(15)3/h5,7,9H,4,6,8,10H2,1-3H3,(H,19,22). The fourth-order valence-electron chi connectivity index (χ4n) is 3.13. The Kier molecular flexibility index (Phi) is 4.38. The third kappa shape index (κ3) is 3.04. The number of anilines is 2. The van der Waals surface area contributed by atoms with Crippen molar-refractivity contribution in [3.05, 3.63) is 40.8 Å². The van der Waals surface area contributed by atoms with Gasteiger partial charge in [-0.2, -0.15) is 0 Å². The Hall–Kier alpha value is -2.63. The summed E-state index contributed by atoms with van der Waals surface area (Å²) in [5.74, 6) is 0.803. The number of fused-ring (bicyclic) bond motifs is 1. The highest BCUT2D eigenvalue weighted by Crippen LogP contribution is 2.31. The summed E-state index contributed by atoms with van der Waals surface area (Å²) in [6.07, 6.45) is 1.35. The zero-order valence-electron chi connectivity index (χ0n) is 14.2. The number of aryl methyl sites for hydroxylation is 2. The zero-order valence-corrected chi connectivity index (χ0v) is 14.2. The van der Waals surface area contributed by atoms with Gasteiger partial charge in [0.1, 0.15) is 5.76 Å². The van der Waals surface area contributed by atoms with Gasteiger partial charge in [0.25, 0.3) is 0 Å². The molecule has 0 fully saturated rings. The van der Waals surface area contributed by atoms with Crippen LogP contribution in [0.2, 0.25) is 0 Å². The van der Waals surface area contributed by atoms with E-state index in [1.807, 2.05) is 39.0 Å². The van der Waals surface area contributed by atoms with Crippen LogP contribution < -0.4 is 10.2 Å². The van der Waals surface area contributed by atoms with E-state index in [1.165, 1.54) is 0 Å². The second-order valence-corrected chi connectivity index (χ2v) is 6.01. The highest BCUT2D eigenvalue weighted by Gasteiger charge is 2.26. The quantitative estimate of drug-likeness (QED) is 0.916. The Morgan fingerprint density at radius 3 is 2.83 bits per heavy atom. The van der Waals surface area contributed by atoms with Crippen LogP contribution in [0.4, 0.5) is 11.4 Å². The SMILES string of the molecule is CCN1C(=O)Cc2cc(NC(=O)CCc3c(C)noc3C)ccc21. The van der Waals surface area contributed by atoms with E-state index in [1.54, 1.807) is 4.90 Å². The van der Waals surface area contributed by atoms with E-state index in [0.29, 0.717) is 25.8 Å². The first-order chi connectivity index (χ1) is 11.5. The first-order valence-corrected chi connectivity index (χ1v) is 8.14. The summed E-state index contributed by atoms with van der Waals surface area (Å²) >= 11 is 0. The van der Waals surface area contributed by atoms with Gasteiger partial charge < -0.3 is 14.7 Å². The maximum Gasteiger partial charge on any atom is 0.231 e. The fourth-order valence-corrected chi connectivity index (χ4v) is 3.13. The first kappa shape index (κ1) is 16.2. The summed E-state index contributed by atoms with van der Waals surface area (Å²) in [5.41, 5.74) is 4.45. The molecule has 1 aliphatic heterocycles. The van der Waals surface area contributed by atoms with Crippen molar-refractivity contribution in [2.24, 2.45) is 0 Å². The van der Waals surface area contributed by atoms with Crippen molar-refractivity contribution in [1.29, 1.82) is 0 Å². The second kappa shape index (κ2) is 6.47. The van der Waals surface area contributed by atoms with E-state index in [9.17, 15) is 9.59 Å². The van der Waals surface area contributed by atoms with Crippen LogP contribution in [-0.4, -0.2) is 23.5 Å². The summed E-state index contributed by atoms with van der Waals surface area (Å²) in [6, 6.07) is 5.62. The van der Waals surface area contributed by atoms with Crippen molar-refractivity contribution in [2.45, 2.75) is 40.0 Å². The summed E-state index contributed by atoms with van der Waals surface area (Å²) in [6.45, 7) is 6.34. The third-order valence-corrected chi connectivity index (χ3v) is 4.40. The van der Waals surface area contributed by atoms with Gasteiger partial charge in [-0.25, -0.2) is 0 Å². The van der Waals surface area contributed by atoms with Gasteiger partial charge >= 0.3 is 0 Å². The molecule has 1 aromatic heterocycles. The topological polar surface area (TPSA) is 75.4 Å². The van der Waals surface area contributed by atoms with E-state index in [-0.39, 0.29) is 11.8 Å². The van der Waals surface area contributed by atoms with E-state index in [4.69, 9.17) is 4.52 Å². The average Bonchev–Trinajstić information content (AvgIpc) is 3.03. The molecule has 0 unspecified atom stereocenters. The van der Waals surface area contributed by atoms with Crippen LogP contribution in [0.25, 0.3) is 0 Å². The molecule has 2 heterocycles. The molecule has 3 rings (SSSR count). The lowest BCUT2D eigenvalue weighted by Gasteiger charge is -2.15. The molecule has 1 aromatic carbocycles. The van der Waals surface area contributed by atoms with Crippen molar-refractivity contribution in [3.8, 4) is 0 Å². The molecule has 0 bridgehead atoms. The van der Waals surface area contributed by atoms with Gasteiger partial charge in [-0.3, -0.25) is 9.59 Å². The van der Waals surface area contributed by atoms with Crippen molar-refractivity contribution in [3.63, 3.8) is 0 Å². The van der Waals surface area contributed by atoms with Gasteiger partial charge in [0.05, 0.1) is 12.1 Å². The minimum absolute atomic E-state index is 0.0633. The number of likely N-dealkylation sites (N-methyl/N-ethyl adjacent to an activating group) is 1. The van der Waals surface area contributed by atoms with E-state index < -0.39 is 0 Å². The molecule has 126 valence electrons. The highest BCUT2D eigenvalue weighted by molar-refractivity contribution is 6.02.